The van der Waals surface area contributed by atoms with Gasteiger partial charge in [0.15, 0.2) is 6.61 Å². The minimum absolute atomic E-state index is 0.0480. The molecule has 0 unspecified atom stereocenters. The second-order valence-electron chi connectivity index (χ2n) is 7.65. The molecule has 0 saturated carbocycles. The van der Waals surface area contributed by atoms with Crippen LogP contribution in [0.4, 0.5) is 23.1 Å². The van der Waals surface area contributed by atoms with Crippen LogP contribution in [0.1, 0.15) is 11.3 Å². The van der Waals surface area contributed by atoms with Crippen molar-refractivity contribution in [2.45, 2.75) is 13.8 Å². The van der Waals surface area contributed by atoms with Crippen molar-refractivity contribution in [1.82, 2.24) is 9.97 Å². The zero-order valence-corrected chi connectivity index (χ0v) is 18.3. The van der Waals surface area contributed by atoms with Crippen LogP contribution in [0.15, 0.2) is 54.6 Å². The van der Waals surface area contributed by atoms with Crippen molar-refractivity contribution >= 4 is 29.0 Å². The molecule has 1 aromatic heterocycles. The molecule has 3 aromatic rings. The molecular formula is C24H27N5O3. The standard InChI is InChI=1S/C24H27N5O3/c1-17-3-9-21(10-4-17)32-16-23(30)27-20-7-5-19(6-8-20)26-22-15-18(2)25-24(28-22)29-11-13-31-14-12-29/h3-10,15H,11-14,16H2,1-2H3,(H,27,30)(H,25,26,28). The Morgan fingerprint density at radius 2 is 1.69 bits per heavy atom. The van der Waals surface area contributed by atoms with E-state index in [1.54, 1.807) is 0 Å². The number of ether oxygens (including phenoxy) is 2. The molecule has 1 fully saturated rings. The lowest BCUT2D eigenvalue weighted by atomic mass is 10.2. The number of carbonyl (C=O) groups excluding carboxylic acids is 1. The third kappa shape index (κ3) is 5.95. The van der Waals surface area contributed by atoms with Crippen molar-refractivity contribution in [2.24, 2.45) is 0 Å². The normalized spacial score (nSPS) is 13.5. The van der Waals surface area contributed by atoms with Crippen molar-refractivity contribution in [3.63, 3.8) is 0 Å². The van der Waals surface area contributed by atoms with Crippen LogP contribution in [0, 0.1) is 13.8 Å². The Morgan fingerprint density at radius 1 is 1.00 bits per heavy atom. The van der Waals surface area contributed by atoms with Gasteiger partial charge >= 0.3 is 0 Å². The number of nitrogens with zero attached hydrogens (tertiary/aromatic N) is 3. The number of amides is 1. The summed E-state index contributed by atoms with van der Waals surface area (Å²) in [6.45, 7) is 6.84. The molecule has 1 aliphatic heterocycles. The molecule has 0 atom stereocenters. The molecule has 0 spiro atoms. The van der Waals surface area contributed by atoms with Gasteiger partial charge in [0.25, 0.3) is 5.91 Å². The van der Waals surface area contributed by atoms with Gasteiger partial charge in [-0.1, -0.05) is 17.7 Å². The monoisotopic (exact) mass is 433 g/mol. The molecule has 1 aliphatic rings. The van der Waals surface area contributed by atoms with E-state index in [1.807, 2.05) is 68.4 Å². The summed E-state index contributed by atoms with van der Waals surface area (Å²) in [6, 6.07) is 17.0. The summed E-state index contributed by atoms with van der Waals surface area (Å²) in [4.78, 5) is 23.5. The zero-order chi connectivity index (χ0) is 22.3. The fourth-order valence-corrected chi connectivity index (χ4v) is 3.29. The van der Waals surface area contributed by atoms with Crippen molar-refractivity contribution in [1.29, 1.82) is 0 Å². The molecule has 0 aliphatic carbocycles. The number of rotatable bonds is 7. The predicted molar refractivity (Wildman–Crippen MR) is 125 cm³/mol. The van der Waals surface area contributed by atoms with Gasteiger partial charge in [0.1, 0.15) is 11.6 Å². The Labute approximate surface area is 187 Å². The van der Waals surface area contributed by atoms with Crippen LogP contribution in [-0.2, 0) is 9.53 Å². The third-order valence-corrected chi connectivity index (χ3v) is 4.97. The topological polar surface area (TPSA) is 88.6 Å². The van der Waals surface area contributed by atoms with Crippen LogP contribution in [0.25, 0.3) is 0 Å². The third-order valence-electron chi connectivity index (χ3n) is 4.97. The summed E-state index contributed by atoms with van der Waals surface area (Å²) in [6.07, 6.45) is 0. The second kappa shape index (κ2) is 10.1. The Balaban J connectivity index is 1.33. The Kier molecular flexibility index (Phi) is 6.81. The van der Waals surface area contributed by atoms with Gasteiger partial charge in [-0.05, 0) is 50.2 Å². The Morgan fingerprint density at radius 3 is 2.41 bits per heavy atom. The van der Waals surface area contributed by atoms with E-state index in [-0.39, 0.29) is 12.5 Å². The highest BCUT2D eigenvalue weighted by Gasteiger charge is 2.15. The Bertz CT molecular complexity index is 1050. The van der Waals surface area contributed by atoms with Crippen molar-refractivity contribution in [2.75, 3.05) is 48.4 Å². The molecule has 2 N–H and O–H groups in total. The number of anilines is 4. The minimum Gasteiger partial charge on any atom is -0.484 e. The molecule has 8 nitrogen and oxygen atoms in total. The van der Waals surface area contributed by atoms with E-state index in [1.165, 1.54) is 0 Å². The molecule has 0 bridgehead atoms. The lowest BCUT2D eigenvalue weighted by molar-refractivity contribution is -0.118. The van der Waals surface area contributed by atoms with Gasteiger partial charge < -0.3 is 25.0 Å². The molecular weight excluding hydrogens is 406 g/mol. The van der Waals surface area contributed by atoms with Gasteiger partial charge in [-0.15, -0.1) is 0 Å². The lowest BCUT2D eigenvalue weighted by Crippen LogP contribution is -2.37. The van der Waals surface area contributed by atoms with E-state index < -0.39 is 0 Å². The van der Waals surface area contributed by atoms with E-state index in [0.29, 0.717) is 30.6 Å². The molecule has 1 saturated heterocycles. The van der Waals surface area contributed by atoms with Crippen LogP contribution in [0.3, 0.4) is 0 Å². The van der Waals surface area contributed by atoms with Gasteiger partial charge in [0, 0.05) is 36.2 Å². The predicted octanol–water partition coefficient (Wildman–Crippen LogP) is 3.69. The first-order valence-corrected chi connectivity index (χ1v) is 10.6. The van der Waals surface area contributed by atoms with Crippen LogP contribution < -0.4 is 20.3 Å². The SMILES string of the molecule is Cc1ccc(OCC(=O)Nc2ccc(Nc3cc(C)nc(N4CCOCC4)n3)cc2)cc1. The van der Waals surface area contributed by atoms with Gasteiger partial charge in [-0.3, -0.25) is 4.79 Å². The zero-order valence-electron chi connectivity index (χ0n) is 18.3. The fraction of sp³-hybridized carbons (Fsp3) is 0.292. The molecule has 2 heterocycles. The van der Waals surface area contributed by atoms with Gasteiger partial charge in [-0.25, -0.2) is 4.98 Å². The average Bonchev–Trinajstić information content (AvgIpc) is 2.80. The lowest BCUT2D eigenvalue weighted by Gasteiger charge is -2.27. The maximum atomic E-state index is 12.2. The summed E-state index contributed by atoms with van der Waals surface area (Å²) >= 11 is 0. The fourth-order valence-electron chi connectivity index (χ4n) is 3.29. The summed E-state index contributed by atoms with van der Waals surface area (Å²) < 4.78 is 10.9. The van der Waals surface area contributed by atoms with Gasteiger partial charge in [-0.2, -0.15) is 4.98 Å². The molecule has 1 amide bonds. The van der Waals surface area contributed by atoms with Crippen LogP contribution >= 0.6 is 0 Å². The first-order valence-electron chi connectivity index (χ1n) is 10.6. The van der Waals surface area contributed by atoms with Gasteiger partial charge in [0.2, 0.25) is 5.95 Å². The highest BCUT2D eigenvalue weighted by molar-refractivity contribution is 5.92. The van der Waals surface area contributed by atoms with E-state index in [2.05, 4.69) is 25.5 Å². The van der Waals surface area contributed by atoms with E-state index in [9.17, 15) is 4.79 Å². The van der Waals surface area contributed by atoms with E-state index in [4.69, 9.17) is 9.47 Å². The van der Waals surface area contributed by atoms with Gasteiger partial charge in [0.05, 0.1) is 13.2 Å². The van der Waals surface area contributed by atoms with Crippen LogP contribution in [0.5, 0.6) is 5.75 Å². The molecule has 8 heteroatoms. The number of hydrogen-bond acceptors (Lipinski definition) is 7. The minimum atomic E-state index is -0.215. The number of nitrogens with one attached hydrogen (secondary N) is 2. The van der Waals surface area contributed by atoms with Crippen molar-refractivity contribution in [3.8, 4) is 5.75 Å². The second-order valence-corrected chi connectivity index (χ2v) is 7.65. The highest BCUT2D eigenvalue weighted by atomic mass is 16.5. The van der Waals surface area contributed by atoms with Crippen LogP contribution in [0.2, 0.25) is 0 Å². The largest absolute Gasteiger partial charge is 0.484 e. The number of carbonyl (C=O) groups is 1. The summed E-state index contributed by atoms with van der Waals surface area (Å²) in [5, 5.41) is 6.15. The van der Waals surface area contributed by atoms with Crippen LogP contribution in [-0.4, -0.2) is 48.8 Å². The first-order chi connectivity index (χ1) is 15.5. The Hall–Kier alpha value is -3.65. The van der Waals surface area contributed by atoms with E-state index >= 15 is 0 Å². The smallest absolute Gasteiger partial charge is 0.262 e. The number of morpholine rings is 1. The summed E-state index contributed by atoms with van der Waals surface area (Å²) in [5.74, 6) is 1.88. The maximum Gasteiger partial charge on any atom is 0.262 e. The van der Waals surface area contributed by atoms with Crippen molar-refractivity contribution < 1.29 is 14.3 Å². The summed E-state index contributed by atoms with van der Waals surface area (Å²) in [5.41, 5.74) is 3.59. The number of aromatic nitrogens is 2. The highest BCUT2D eigenvalue weighted by Crippen LogP contribution is 2.21. The molecule has 32 heavy (non-hydrogen) atoms. The van der Waals surface area contributed by atoms with E-state index in [0.717, 1.165) is 35.9 Å². The average molecular weight is 434 g/mol. The molecule has 4 rings (SSSR count). The quantitative estimate of drug-likeness (QED) is 0.587. The number of benzene rings is 2. The molecule has 0 radical (unpaired) electrons. The molecule has 166 valence electrons. The number of hydrogen-bond donors (Lipinski definition) is 2. The summed E-state index contributed by atoms with van der Waals surface area (Å²) in [7, 11) is 0. The maximum absolute atomic E-state index is 12.2. The number of aryl methyl sites for hydroxylation is 2. The molecule has 2 aromatic carbocycles. The first kappa shape index (κ1) is 21.6. The van der Waals surface area contributed by atoms with Crippen molar-refractivity contribution in [3.05, 3.63) is 65.9 Å².